The first-order valence-electron chi connectivity index (χ1n) is 13.0. The molecule has 0 spiro atoms. The van der Waals surface area contributed by atoms with Crippen LogP contribution in [-0.2, 0) is 6.42 Å². The third kappa shape index (κ3) is 5.82. The molecule has 0 saturated heterocycles. The molecule has 206 valence electrons. The predicted octanol–water partition coefficient (Wildman–Crippen LogP) is 4.91. The van der Waals surface area contributed by atoms with Crippen LogP contribution in [0, 0.1) is 0 Å². The number of fused-ring (bicyclic) bond motifs is 1. The van der Waals surface area contributed by atoms with Crippen LogP contribution in [0.1, 0.15) is 46.8 Å². The maximum atomic E-state index is 11.3. The Morgan fingerprint density at radius 3 is 2.55 bits per heavy atom. The number of aliphatic hydroxyl groups excluding tert-OH is 1. The molecule has 0 aliphatic carbocycles. The fraction of sp³-hybridized carbons (Fsp3) is 0.219. The summed E-state index contributed by atoms with van der Waals surface area (Å²) >= 11 is 0. The van der Waals surface area contributed by atoms with E-state index in [9.17, 15) is 20.1 Å². The third-order valence-corrected chi connectivity index (χ3v) is 6.80. The van der Waals surface area contributed by atoms with E-state index in [1.807, 2.05) is 42.5 Å². The highest BCUT2D eigenvalue weighted by molar-refractivity contribution is 6.05. The molecule has 0 fully saturated rings. The molecule has 40 heavy (non-hydrogen) atoms. The second-order valence-electron chi connectivity index (χ2n) is 9.56. The van der Waals surface area contributed by atoms with Crippen molar-refractivity contribution in [1.82, 2.24) is 4.98 Å². The fourth-order valence-corrected chi connectivity index (χ4v) is 4.73. The maximum Gasteiger partial charge on any atom is 0.335 e. The number of hydrogen-bond donors (Lipinski definition) is 3. The molecule has 0 radical (unpaired) electrons. The van der Waals surface area contributed by atoms with Gasteiger partial charge in [0.1, 0.15) is 24.0 Å². The normalized spacial score (nSPS) is 15.4. The minimum atomic E-state index is -0.771. The number of nitrogens with zero attached hydrogens (tertiary/aromatic N) is 1. The monoisotopic (exact) mass is 541 g/mol. The number of carbonyl (C=O) groups excluding carboxylic acids is 1. The van der Waals surface area contributed by atoms with Gasteiger partial charge < -0.3 is 34.5 Å². The highest BCUT2D eigenvalue weighted by Gasteiger charge is 2.40. The number of phenols is 2. The Labute approximate surface area is 232 Å². The van der Waals surface area contributed by atoms with E-state index in [4.69, 9.17) is 14.2 Å². The first kappa shape index (κ1) is 26.9. The molecule has 0 bridgehead atoms. The van der Waals surface area contributed by atoms with Crippen LogP contribution in [0.15, 0.2) is 79.1 Å². The SMILES string of the molecule is COc1c(O)c(Cc2cc[n-]c2)c2c(c1OCC[C@@H](O)/C=C/c1ccccc1)C(=[OH+])CC(c1ccc(O)cc1)O2. The smallest absolute Gasteiger partial charge is 0.335 e. The molecule has 1 aliphatic rings. The standard InChI is InChI=1S/C32H30NO7/c1-38-32-29(37)25(17-21-13-15-33-19-21)30-28(26(36)18-27(40-30)22-8-11-23(34)12-9-22)31(32)39-16-14-24(35)10-7-20-5-3-2-4-6-20/h2-13,15,19,24,27,34-35H,14,16-18H2,1H3,(H,36,37)/q-1/p+1/b10-7+/t24-,27?/m0/s1. The van der Waals surface area contributed by atoms with Crippen molar-refractivity contribution in [2.45, 2.75) is 31.5 Å². The van der Waals surface area contributed by atoms with Crippen molar-refractivity contribution in [3.8, 4) is 28.7 Å². The Bertz CT molecular complexity index is 1480. The fourth-order valence-electron chi connectivity index (χ4n) is 4.73. The lowest BCUT2D eigenvalue weighted by molar-refractivity contribution is 0.172. The zero-order valence-corrected chi connectivity index (χ0v) is 22.0. The molecule has 1 unspecified atom stereocenters. The number of rotatable bonds is 10. The molecule has 0 amide bonds. The molecule has 3 aromatic carbocycles. The maximum absolute atomic E-state index is 11.3. The molecular weight excluding hydrogens is 510 g/mol. The molecule has 8 nitrogen and oxygen atoms in total. The Hall–Kier alpha value is -4.69. The summed E-state index contributed by atoms with van der Waals surface area (Å²) in [4.78, 5) is 15.4. The van der Waals surface area contributed by atoms with Gasteiger partial charge in [0.05, 0.1) is 19.8 Å². The van der Waals surface area contributed by atoms with Gasteiger partial charge in [0, 0.05) is 18.4 Å². The highest BCUT2D eigenvalue weighted by atomic mass is 16.5. The summed E-state index contributed by atoms with van der Waals surface area (Å²) in [6, 6.07) is 18.0. The number of aliphatic hydroxyl groups is 1. The average Bonchev–Trinajstić information content (AvgIpc) is 3.48. The Morgan fingerprint density at radius 1 is 1.07 bits per heavy atom. The van der Waals surface area contributed by atoms with Crippen LogP contribution >= 0.6 is 0 Å². The zero-order chi connectivity index (χ0) is 28.1. The minimum absolute atomic E-state index is 0.0130. The summed E-state index contributed by atoms with van der Waals surface area (Å²) in [5.74, 6) is 0.457. The van der Waals surface area contributed by atoms with Gasteiger partial charge in [0.2, 0.25) is 5.75 Å². The van der Waals surface area contributed by atoms with Crippen molar-refractivity contribution < 1.29 is 34.3 Å². The van der Waals surface area contributed by atoms with E-state index in [0.29, 0.717) is 11.1 Å². The Kier molecular flexibility index (Phi) is 8.07. The first-order chi connectivity index (χ1) is 19.4. The molecule has 2 atom stereocenters. The van der Waals surface area contributed by atoms with Gasteiger partial charge in [-0.1, -0.05) is 66.2 Å². The van der Waals surface area contributed by atoms with E-state index in [0.717, 1.165) is 16.7 Å². The van der Waals surface area contributed by atoms with Crippen LogP contribution in [0.25, 0.3) is 6.08 Å². The molecule has 8 heteroatoms. The van der Waals surface area contributed by atoms with Crippen LogP contribution in [0.2, 0.25) is 0 Å². The quantitative estimate of drug-likeness (QED) is 0.244. The van der Waals surface area contributed by atoms with Crippen LogP contribution in [-0.4, -0.2) is 45.7 Å². The summed E-state index contributed by atoms with van der Waals surface area (Å²) in [6.07, 6.45) is 6.23. The minimum Gasteiger partial charge on any atom is -0.670 e. The van der Waals surface area contributed by atoms with E-state index in [1.54, 1.807) is 42.7 Å². The summed E-state index contributed by atoms with van der Waals surface area (Å²) in [5.41, 5.74) is 3.29. The summed E-state index contributed by atoms with van der Waals surface area (Å²) in [5, 5.41) is 31.5. The van der Waals surface area contributed by atoms with Crippen molar-refractivity contribution >= 4 is 11.9 Å². The van der Waals surface area contributed by atoms with Crippen molar-refractivity contribution in [2.24, 2.45) is 0 Å². The molecule has 0 saturated carbocycles. The topological polar surface area (TPSA) is 124 Å². The Balaban J connectivity index is 1.46. The molecule has 4 aromatic rings. The third-order valence-electron chi connectivity index (χ3n) is 6.80. The van der Waals surface area contributed by atoms with Crippen LogP contribution in [0.5, 0.6) is 28.7 Å². The Morgan fingerprint density at radius 2 is 1.85 bits per heavy atom. The number of hydrogen-bond acceptors (Lipinski definition) is 6. The highest BCUT2D eigenvalue weighted by Crippen LogP contribution is 2.52. The van der Waals surface area contributed by atoms with Crippen molar-refractivity contribution in [1.29, 1.82) is 0 Å². The van der Waals surface area contributed by atoms with E-state index in [-0.39, 0.29) is 60.4 Å². The lowest BCUT2D eigenvalue weighted by Crippen LogP contribution is -2.24. The zero-order valence-electron chi connectivity index (χ0n) is 22.0. The van der Waals surface area contributed by atoms with Gasteiger partial charge in [0.15, 0.2) is 17.1 Å². The van der Waals surface area contributed by atoms with Gasteiger partial charge in [-0.25, -0.2) is 0 Å². The summed E-state index contributed by atoms with van der Waals surface area (Å²) < 4.78 is 18.0. The van der Waals surface area contributed by atoms with Crippen LogP contribution < -0.4 is 19.2 Å². The van der Waals surface area contributed by atoms with E-state index in [1.165, 1.54) is 7.11 Å². The molecule has 1 aliphatic heterocycles. The van der Waals surface area contributed by atoms with Crippen molar-refractivity contribution in [3.63, 3.8) is 0 Å². The average molecular weight is 542 g/mol. The number of benzene rings is 3. The number of ether oxygens (including phenoxy) is 3. The molecule has 2 heterocycles. The van der Waals surface area contributed by atoms with Crippen LogP contribution in [0.4, 0.5) is 0 Å². The number of phenolic OH excluding ortho intramolecular Hbond substituents is 2. The summed E-state index contributed by atoms with van der Waals surface area (Å²) in [6.45, 7) is 0.0866. The molecular formula is C32H31NO7. The second kappa shape index (κ2) is 12.0. The van der Waals surface area contributed by atoms with E-state index >= 15 is 0 Å². The lowest BCUT2D eigenvalue weighted by atomic mass is 9.91. The van der Waals surface area contributed by atoms with Gasteiger partial charge in [-0.15, -0.1) is 0 Å². The van der Waals surface area contributed by atoms with Gasteiger partial charge in [0.25, 0.3) is 0 Å². The van der Waals surface area contributed by atoms with Gasteiger partial charge in [-0.3, -0.25) is 4.79 Å². The van der Waals surface area contributed by atoms with Crippen molar-refractivity contribution in [3.05, 3.63) is 107 Å². The first-order valence-corrected chi connectivity index (χ1v) is 13.0. The van der Waals surface area contributed by atoms with E-state index < -0.39 is 12.2 Å². The van der Waals surface area contributed by atoms with Crippen LogP contribution in [0.3, 0.4) is 0 Å². The number of aromatic hydroxyl groups is 2. The second-order valence-corrected chi connectivity index (χ2v) is 9.56. The van der Waals surface area contributed by atoms with Gasteiger partial charge in [-0.05, 0) is 23.3 Å². The molecule has 4 N–H and O–H groups in total. The largest absolute Gasteiger partial charge is 0.670 e. The molecule has 5 rings (SSSR count). The van der Waals surface area contributed by atoms with E-state index in [2.05, 4.69) is 4.98 Å². The number of ketones is 1. The van der Waals surface area contributed by atoms with Crippen molar-refractivity contribution in [2.75, 3.05) is 13.7 Å². The lowest BCUT2D eigenvalue weighted by Gasteiger charge is -2.28. The number of aromatic nitrogens is 1. The summed E-state index contributed by atoms with van der Waals surface area (Å²) in [7, 11) is 1.42. The van der Waals surface area contributed by atoms with Gasteiger partial charge in [-0.2, -0.15) is 12.4 Å². The number of methoxy groups -OCH3 is 1. The predicted molar refractivity (Wildman–Crippen MR) is 151 cm³/mol. The van der Waals surface area contributed by atoms with Gasteiger partial charge >= 0.3 is 5.78 Å². The molecule has 1 aromatic heterocycles.